The van der Waals surface area contributed by atoms with Gasteiger partial charge in [0, 0.05) is 13.0 Å². The Kier molecular flexibility index (Phi) is 0.963. The molecule has 0 aromatic carbocycles. The van der Waals surface area contributed by atoms with E-state index in [9.17, 15) is 4.79 Å². The van der Waals surface area contributed by atoms with Crippen molar-refractivity contribution in [1.82, 2.24) is 5.32 Å². The van der Waals surface area contributed by atoms with Gasteiger partial charge in [-0.25, -0.2) is 0 Å². The summed E-state index contributed by atoms with van der Waals surface area (Å²) in [5.41, 5.74) is 0. The van der Waals surface area contributed by atoms with Crippen LogP contribution < -0.4 is 5.32 Å². The zero-order chi connectivity index (χ0) is 6.27. The fourth-order valence-electron chi connectivity index (χ4n) is 1.43. The molecule has 3 rings (SSSR count). The van der Waals surface area contributed by atoms with Crippen molar-refractivity contribution in [3.8, 4) is 0 Å². The number of fused-ring (bicyclic) bond motifs is 2. The number of ketones is 1. The van der Waals surface area contributed by atoms with Gasteiger partial charge in [-0.3, -0.25) is 4.79 Å². The molecule has 1 N–H and O–H groups in total. The van der Waals surface area contributed by atoms with E-state index in [0.29, 0.717) is 11.7 Å². The lowest BCUT2D eigenvalue weighted by Gasteiger charge is -2.29. The number of piperidine rings is 1. The Morgan fingerprint density at radius 3 is 2.67 bits per heavy atom. The first-order valence-corrected chi connectivity index (χ1v) is 3.31. The van der Waals surface area contributed by atoms with E-state index in [1.165, 1.54) is 0 Å². The maximum Gasteiger partial charge on any atom is 0.154 e. The third-order valence-corrected chi connectivity index (χ3v) is 1.99. The summed E-state index contributed by atoms with van der Waals surface area (Å²) in [7, 11) is 0. The van der Waals surface area contributed by atoms with Crippen molar-refractivity contribution in [2.75, 3.05) is 6.54 Å². The molecule has 1 aliphatic carbocycles. The summed E-state index contributed by atoms with van der Waals surface area (Å²) in [6, 6.07) is 0.0509. The van der Waals surface area contributed by atoms with Crippen LogP contribution in [-0.2, 0) is 4.79 Å². The smallest absolute Gasteiger partial charge is 0.154 e. The van der Waals surface area contributed by atoms with Gasteiger partial charge in [0.2, 0.25) is 0 Å². The predicted molar refractivity (Wildman–Crippen MR) is 34.0 cm³/mol. The van der Waals surface area contributed by atoms with Gasteiger partial charge in [0.25, 0.3) is 0 Å². The highest BCUT2D eigenvalue weighted by atomic mass is 16.1. The minimum Gasteiger partial charge on any atom is -0.304 e. The Hall–Kier alpha value is -0.630. The van der Waals surface area contributed by atoms with E-state index in [1.54, 1.807) is 0 Å². The van der Waals surface area contributed by atoms with Crippen LogP contribution in [0.5, 0.6) is 0 Å². The molecule has 0 saturated carbocycles. The van der Waals surface area contributed by atoms with Crippen molar-refractivity contribution in [3.63, 3.8) is 0 Å². The highest BCUT2D eigenvalue weighted by Crippen LogP contribution is 2.18. The van der Waals surface area contributed by atoms with E-state index in [1.807, 2.05) is 6.08 Å². The number of nitrogens with one attached hydrogen (secondary N) is 1. The monoisotopic (exact) mass is 123 g/mol. The van der Waals surface area contributed by atoms with E-state index in [0.717, 1.165) is 13.0 Å². The Balaban J connectivity index is 2.29. The highest BCUT2D eigenvalue weighted by molar-refractivity contribution is 5.88. The van der Waals surface area contributed by atoms with E-state index in [2.05, 4.69) is 11.4 Å². The van der Waals surface area contributed by atoms with Crippen LogP contribution >= 0.6 is 0 Å². The second-order valence-corrected chi connectivity index (χ2v) is 2.70. The Labute approximate surface area is 53.9 Å². The Bertz CT molecular complexity index is 174. The fourth-order valence-corrected chi connectivity index (χ4v) is 1.43. The van der Waals surface area contributed by atoms with Gasteiger partial charge in [0.15, 0.2) is 5.78 Å². The minimum atomic E-state index is 0.0509. The first-order valence-electron chi connectivity index (χ1n) is 3.31. The second-order valence-electron chi connectivity index (χ2n) is 2.70. The molecule has 2 unspecified atom stereocenters. The molecule has 1 saturated heterocycles. The van der Waals surface area contributed by atoms with Crippen molar-refractivity contribution in [2.24, 2.45) is 5.92 Å². The molecule has 3 aliphatic rings. The number of carbonyl (C=O) groups is 1. The average Bonchev–Trinajstić information content (AvgIpc) is 1.90. The Morgan fingerprint density at radius 2 is 2.44 bits per heavy atom. The summed E-state index contributed by atoms with van der Waals surface area (Å²) in [6.45, 7) is 0.993. The Morgan fingerprint density at radius 1 is 1.56 bits per heavy atom. The molecule has 2 heterocycles. The number of hydrogen-bond donors (Lipinski definition) is 1. The SMILES string of the molecule is O=C1CC2C=CC1NC2. The maximum atomic E-state index is 10.9. The number of Topliss-reactive ketones (excluding diaryl/α,β-unsaturated/α-hetero) is 1. The topological polar surface area (TPSA) is 29.1 Å². The molecule has 2 aliphatic heterocycles. The third-order valence-electron chi connectivity index (χ3n) is 1.99. The molecule has 0 spiro atoms. The number of hydrogen-bond acceptors (Lipinski definition) is 2. The van der Waals surface area contributed by atoms with Crippen LogP contribution in [0, 0.1) is 5.92 Å². The highest BCUT2D eigenvalue weighted by Gasteiger charge is 2.28. The largest absolute Gasteiger partial charge is 0.304 e. The van der Waals surface area contributed by atoms with Crippen molar-refractivity contribution in [1.29, 1.82) is 0 Å². The molecule has 9 heavy (non-hydrogen) atoms. The van der Waals surface area contributed by atoms with E-state index in [4.69, 9.17) is 0 Å². The van der Waals surface area contributed by atoms with E-state index < -0.39 is 0 Å². The minimum absolute atomic E-state index is 0.0509. The van der Waals surface area contributed by atoms with Gasteiger partial charge in [-0.15, -0.1) is 0 Å². The number of carbonyl (C=O) groups excluding carboxylic acids is 1. The van der Waals surface area contributed by atoms with Gasteiger partial charge in [-0.05, 0) is 5.92 Å². The van der Waals surface area contributed by atoms with E-state index in [-0.39, 0.29) is 6.04 Å². The average molecular weight is 123 g/mol. The molecule has 2 bridgehead atoms. The predicted octanol–water partition coefficient (Wildman–Crippen LogP) is 0.103. The summed E-state index contributed by atoms with van der Waals surface area (Å²) < 4.78 is 0. The van der Waals surface area contributed by atoms with Gasteiger partial charge in [0.05, 0.1) is 6.04 Å². The second kappa shape index (κ2) is 1.67. The lowest BCUT2D eigenvalue weighted by molar-refractivity contribution is -0.122. The van der Waals surface area contributed by atoms with E-state index >= 15 is 0 Å². The van der Waals surface area contributed by atoms with Crippen LogP contribution in [0.15, 0.2) is 12.2 Å². The van der Waals surface area contributed by atoms with Gasteiger partial charge in [-0.1, -0.05) is 12.2 Å². The first-order chi connectivity index (χ1) is 4.36. The van der Waals surface area contributed by atoms with Crippen molar-refractivity contribution in [2.45, 2.75) is 12.5 Å². The molecular weight excluding hydrogens is 114 g/mol. The zero-order valence-corrected chi connectivity index (χ0v) is 5.13. The van der Waals surface area contributed by atoms with Crippen LogP contribution in [0.4, 0.5) is 0 Å². The summed E-state index contributed by atoms with van der Waals surface area (Å²) in [6.07, 6.45) is 4.87. The van der Waals surface area contributed by atoms with Crippen molar-refractivity contribution in [3.05, 3.63) is 12.2 Å². The lowest BCUT2D eigenvalue weighted by atomic mass is 9.87. The standard InChI is InChI=1S/C7H9NO/c9-7-3-5-1-2-6(7)8-4-5/h1-2,5-6,8H,3-4H2. The molecule has 2 heteroatoms. The molecule has 0 aromatic rings. The third kappa shape index (κ3) is 0.704. The van der Waals surface area contributed by atoms with Crippen LogP contribution in [0.25, 0.3) is 0 Å². The molecular formula is C7H9NO. The summed E-state index contributed by atoms with van der Waals surface area (Å²) in [5, 5.41) is 3.13. The molecule has 0 amide bonds. The van der Waals surface area contributed by atoms with Crippen LogP contribution in [0.3, 0.4) is 0 Å². The van der Waals surface area contributed by atoms with Gasteiger partial charge in [-0.2, -0.15) is 0 Å². The summed E-state index contributed by atoms with van der Waals surface area (Å²) in [4.78, 5) is 10.9. The molecule has 2 atom stereocenters. The van der Waals surface area contributed by atoms with Gasteiger partial charge in [0.1, 0.15) is 0 Å². The molecule has 0 radical (unpaired) electrons. The van der Waals surface area contributed by atoms with Gasteiger partial charge >= 0.3 is 0 Å². The molecule has 1 fully saturated rings. The van der Waals surface area contributed by atoms with Crippen LogP contribution in [0.2, 0.25) is 0 Å². The maximum absolute atomic E-state index is 10.9. The zero-order valence-electron chi connectivity index (χ0n) is 5.13. The normalized spacial score (nSPS) is 39.8. The first kappa shape index (κ1) is 5.18. The number of rotatable bonds is 0. The van der Waals surface area contributed by atoms with Crippen molar-refractivity contribution >= 4 is 5.78 Å². The molecule has 48 valence electrons. The summed E-state index contributed by atoms with van der Waals surface area (Å²) in [5.74, 6) is 0.844. The quantitative estimate of drug-likeness (QED) is 0.463. The lowest BCUT2D eigenvalue weighted by Crippen LogP contribution is -2.47. The fraction of sp³-hybridized carbons (Fsp3) is 0.571. The van der Waals surface area contributed by atoms with Gasteiger partial charge < -0.3 is 5.32 Å². The molecule has 0 aromatic heterocycles. The van der Waals surface area contributed by atoms with Crippen molar-refractivity contribution < 1.29 is 4.79 Å². The van der Waals surface area contributed by atoms with Crippen LogP contribution in [0.1, 0.15) is 6.42 Å². The van der Waals surface area contributed by atoms with Crippen LogP contribution in [-0.4, -0.2) is 18.4 Å². The summed E-state index contributed by atoms with van der Waals surface area (Å²) >= 11 is 0. The molecule has 2 nitrogen and oxygen atoms in total.